The summed E-state index contributed by atoms with van der Waals surface area (Å²) in [7, 11) is 0. The van der Waals surface area contributed by atoms with Gasteiger partial charge in [0.15, 0.2) is 0 Å². The van der Waals surface area contributed by atoms with E-state index in [2.05, 4.69) is 6.92 Å². The molecular weight excluding hydrogens is 164 g/mol. The first-order chi connectivity index (χ1) is 6.04. The molecule has 0 spiro atoms. The third-order valence-corrected chi connectivity index (χ3v) is 4.71. The second kappa shape index (κ2) is 2.43. The second-order valence-electron chi connectivity index (χ2n) is 4.98. The van der Waals surface area contributed by atoms with E-state index >= 15 is 0 Å². The first kappa shape index (κ1) is 8.92. The van der Waals surface area contributed by atoms with E-state index in [1.54, 1.807) is 0 Å². The van der Waals surface area contributed by atoms with Gasteiger partial charge in [-0.15, -0.1) is 0 Å². The van der Waals surface area contributed by atoms with Gasteiger partial charge in [0.2, 0.25) is 0 Å². The number of hydrogen-bond donors (Lipinski definition) is 0. The molecule has 0 aromatic heterocycles. The molecule has 0 aromatic carbocycles. The van der Waals surface area contributed by atoms with Crippen LogP contribution in [0, 0.1) is 16.7 Å². The van der Waals surface area contributed by atoms with Crippen LogP contribution in [0.5, 0.6) is 0 Å². The molecule has 2 nitrogen and oxygen atoms in total. The molecule has 2 fully saturated rings. The molecule has 0 aliphatic heterocycles. The number of Topliss-reactive ketones (excluding diaryl/α,β-unsaturated/α-hetero) is 1. The van der Waals surface area contributed by atoms with Crippen LogP contribution in [-0.4, -0.2) is 12.1 Å². The van der Waals surface area contributed by atoms with Gasteiger partial charge in [0.05, 0.1) is 0 Å². The van der Waals surface area contributed by atoms with Crippen LogP contribution in [0.15, 0.2) is 0 Å². The molecule has 0 saturated heterocycles. The van der Waals surface area contributed by atoms with Crippen LogP contribution in [0.4, 0.5) is 0 Å². The smallest absolute Gasteiger partial charge is 0.139 e. The van der Waals surface area contributed by atoms with E-state index < -0.39 is 0 Å². The van der Waals surface area contributed by atoms with Crippen LogP contribution in [0.2, 0.25) is 0 Å². The van der Waals surface area contributed by atoms with Gasteiger partial charge in [-0.1, -0.05) is 13.8 Å². The average molecular weight is 180 g/mol. The summed E-state index contributed by atoms with van der Waals surface area (Å²) in [5.74, 6) is 0.850. The van der Waals surface area contributed by atoms with Gasteiger partial charge in [-0.3, -0.25) is 4.79 Å². The molecule has 3 unspecified atom stereocenters. The molecule has 0 radical (unpaired) electrons. The second-order valence-corrected chi connectivity index (χ2v) is 4.98. The van der Waals surface area contributed by atoms with Gasteiger partial charge in [0.1, 0.15) is 12.1 Å². The lowest BCUT2D eigenvalue weighted by Gasteiger charge is -2.34. The van der Waals surface area contributed by atoms with Gasteiger partial charge < -0.3 is 4.79 Å². The molecule has 3 atom stereocenters. The minimum absolute atomic E-state index is 0.0359. The quantitative estimate of drug-likeness (QED) is 0.609. The standard InChI is InChI=1S/C11H16O2/c1-10(5-6-12)8-3-4-11(10,2)9(13)7-8/h6,8H,3-5,7H2,1-2H3. The average Bonchev–Trinajstić information content (AvgIpc) is 2.39. The third-order valence-electron chi connectivity index (χ3n) is 4.71. The largest absolute Gasteiger partial charge is 0.303 e. The summed E-state index contributed by atoms with van der Waals surface area (Å²) >= 11 is 0. The zero-order chi connectivity index (χ0) is 9.69. The lowest BCUT2D eigenvalue weighted by atomic mass is 9.67. The van der Waals surface area contributed by atoms with Crippen LogP contribution in [0.1, 0.15) is 39.5 Å². The van der Waals surface area contributed by atoms with Crippen molar-refractivity contribution in [1.82, 2.24) is 0 Å². The number of aldehydes is 1. The maximum atomic E-state index is 11.7. The minimum Gasteiger partial charge on any atom is -0.303 e. The SMILES string of the molecule is CC12CCC(CC1=O)C2(C)CC=O. The van der Waals surface area contributed by atoms with Crippen molar-refractivity contribution in [3.8, 4) is 0 Å². The van der Waals surface area contributed by atoms with E-state index in [1.807, 2.05) is 6.92 Å². The Morgan fingerprint density at radius 3 is 2.62 bits per heavy atom. The number of carbonyl (C=O) groups is 2. The fourth-order valence-corrected chi connectivity index (χ4v) is 3.32. The molecule has 2 aliphatic rings. The molecular formula is C11H16O2. The molecule has 0 aromatic rings. The Hall–Kier alpha value is -0.660. The number of fused-ring (bicyclic) bond motifs is 2. The van der Waals surface area contributed by atoms with E-state index in [0.29, 0.717) is 24.5 Å². The van der Waals surface area contributed by atoms with Crippen molar-refractivity contribution >= 4 is 12.1 Å². The first-order valence-corrected chi connectivity index (χ1v) is 5.01. The summed E-state index contributed by atoms with van der Waals surface area (Å²) in [4.78, 5) is 22.4. The predicted molar refractivity (Wildman–Crippen MR) is 49.2 cm³/mol. The highest BCUT2D eigenvalue weighted by Gasteiger charge is 2.63. The zero-order valence-corrected chi connectivity index (χ0v) is 8.30. The Morgan fingerprint density at radius 2 is 2.23 bits per heavy atom. The fraction of sp³-hybridized carbons (Fsp3) is 0.818. The van der Waals surface area contributed by atoms with Gasteiger partial charge in [0.25, 0.3) is 0 Å². The zero-order valence-electron chi connectivity index (χ0n) is 8.30. The topological polar surface area (TPSA) is 34.1 Å². The van der Waals surface area contributed by atoms with Crippen molar-refractivity contribution in [2.24, 2.45) is 16.7 Å². The van der Waals surface area contributed by atoms with Gasteiger partial charge in [-0.05, 0) is 24.2 Å². The van der Waals surface area contributed by atoms with Crippen LogP contribution in [0.25, 0.3) is 0 Å². The molecule has 2 bridgehead atoms. The minimum atomic E-state index is -0.196. The monoisotopic (exact) mass is 180 g/mol. The van der Waals surface area contributed by atoms with Crippen molar-refractivity contribution in [2.45, 2.75) is 39.5 Å². The van der Waals surface area contributed by atoms with Gasteiger partial charge in [0, 0.05) is 18.3 Å². The molecule has 0 heterocycles. The van der Waals surface area contributed by atoms with Crippen LogP contribution >= 0.6 is 0 Å². The lowest BCUT2D eigenvalue weighted by molar-refractivity contribution is -0.129. The Morgan fingerprint density at radius 1 is 1.54 bits per heavy atom. The first-order valence-electron chi connectivity index (χ1n) is 5.01. The Kier molecular flexibility index (Phi) is 1.67. The van der Waals surface area contributed by atoms with Crippen molar-refractivity contribution in [1.29, 1.82) is 0 Å². The van der Waals surface area contributed by atoms with Gasteiger partial charge in [-0.2, -0.15) is 0 Å². The Labute approximate surface area is 78.7 Å². The van der Waals surface area contributed by atoms with Crippen molar-refractivity contribution in [2.75, 3.05) is 0 Å². The maximum Gasteiger partial charge on any atom is 0.139 e. The Bertz CT molecular complexity index is 271. The molecule has 2 aliphatic carbocycles. The molecule has 2 heteroatoms. The number of carbonyl (C=O) groups excluding carboxylic acids is 2. The highest BCUT2D eigenvalue weighted by atomic mass is 16.1. The molecule has 13 heavy (non-hydrogen) atoms. The summed E-state index contributed by atoms with van der Waals surface area (Å²) in [5, 5.41) is 0. The number of ketones is 1. The molecule has 72 valence electrons. The molecule has 2 saturated carbocycles. The highest BCUT2D eigenvalue weighted by molar-refractivity contribution is 5.89. The fourth-order valence-electron chi connectivity index (χ4n) is 3.32. The number of rotatable bonds is 2. The van der Waals surface area contributed by atoms with E-state index in [0.717, 1.165) is 19.1 Å². The van der Waals surface area contributed by atoms with Crippen molar-refractivity contribution in [3.63, 3.8) is 0 Å². The predicted octanol–water partition coefficient (Wildman–Crippen LogP) is 1.97. The summed E-state index contributed by atoms with van der Waals surface area (Å²) in [6.07, 6.45) is 4.36. The normalized spacial score (nSPS) is 48.5. The molecule has 0 N–H and O–H groups in total. The van der Waals surface area contributed by atoms with Crippen LogP contribution < -0.4 is 0 Å². The highest BCUT2D eigenvalue weighted by Crippen LogP contribution is 2.64. The summed E-state index contributed by atoms with van der Waals surface area (Å²) in [5.41, 5.74) is -0.232. The maximum absolute atomic E-state index is 11.7. The third kappa shape index (κ3) is 0.839. The summed E-state index contributed by atoms with van der Waals surface area (Å²) < 4.78 is 0. The van der Waals surface area contributed by atoms with Gasteiger partial charge in [-0.25, -0.2) is 0 Å². The van der Waals surface area contributed by atoms with Crippen LogP contribution in [0.3, 0.4) is 0 Å². The summed E-state index contributed by atoms with van der Waals surface area (Å²) in [6.45, 7) is 4.16. The molecule has 2 rings (SSSR count). The van der Waals surface area contributed by atoms with Gasteiger partial charge >= 0.3 is 0 Å². The van der Waals surface area contributed by atoms with E-state index in [9.17, 15) is 9.59 Å². The van der Waals surface area contributed by atoms with Crippen LogP contribution in [-0.2, 0) is 9.59 Å². The van der Waals surface area contributed by atoms with Crippen molar-refractivity contribution in [3.05, 3.63) is 0 Å². The number of hydrogen-bond acceptors (Lipinski definition) is 2. The van der Waals surface area contributed by atoms with Crippen molar-refractivity contribution < 1.29 is 9.59 Å². The Balaban J connectivity index is 2.40. The lowest BCUT2D eigenvalue weighted by Crippen LogP contribution is -2.35. The molecule has 0 amide bonds. The van der Waals surface area contributed by atoms with E-state index in [1.165, 1.54) is 0 Å². The summed E-state index contributed by atoms with van der Waals surface area (Å²) in [6, 6.07) is 0. The van der Waals surface area contributed by atoms with E-state index in [4.69, 9.17) is 0 Å². The van der Waals surface area contributed by atoms with E-state index in [-0.39, 0.29) is 10.8 Å².